The number of aryl methyl sites for hydroxylation is 1. The lowest BCUT2D eigenvalue weighted by molar-refractivity contribution is 0.463. The van der Waals surface area contributed by atoms with Crippen LogP contribution < -0.4 is 5.32 Å². The maximum Gasteiger partial charge on any atom is 0.121 e. The molecule has 2 heteroatoms. The van der Waals surface area contributed by atoms with Gasteiger partial charge in [-0.3, -0.25) is 0 Å². The highest BCUT2D eigenvalue weighted by Gasteiger charge is 2.14. The van der Waals surface area contributed by atoms with Crippen molar-refractivity contribution in [2.24, 2.45) is 0 Å². The quantitative estimate of drug-likeness (QED) is 0.631. The van der Waals surface area contributed by atoms with Crippen LogP contribution in [0.4, 0.5) is 0 Å². The van der Waals surface area contributed by atoms with E-state index in [9.17, 15) is 5.11 Å². The summed E-state index contributed by atoms with van der Waals surface area (Å²) in [4.78, 5) is 0. The third-order valence-corrected chi connectivity index (χ3v) is 2.83. The molecule has 0 bridgehead atoms. The Morgan fingerprint density at radius 2 is 2.15 bits per heavy atom. The predicted octanol–water partition coefficient (Wildman–Crippen LogP) is 1.65. The highest BCUT2D eigenvalue weighted by atomic mass is 16.3. The fourth-order valence-corrected chi connectivity index (χ4v) is 2.00. The van der Waals surface area contributed by atoms with Crippen LogP contribution in [0.5, 0.6) is 5.75 Å². The standard InChI is InChI=1S/C11H15NO/c1-7-5-9-3-4-12-6-10(9)8(2)11(7)13/h5,12-13H,3-4,6H2,1-2H3. The number of hydrogen-bond donors (Lipinski definition) is 2. The highest BCUT2D eigenvalue weighted by Crippen LogP contribution is 2.29. The average molecular weight is 177 g/mol. The average Bonchev–Trinajstić information content (AvgIpc) is 2.15. The van der Waals surface area contributed by atoms with Gasteiger partial charge >= 0.3 is 0 Å². The van der Waals surface area contributed by atoms with Gasteiger partial charge in [0, 0.05) is 6.54 Å². The molecule has 1 aliphatic heterocycles. The molecule has 0 amide bonds. The molecule has 1 aromatic carbocycles. The minimum absolute atomic E-state index is 0.461. The molecule has 0 saturated carbocycles. The summed E-state index contributed by atoms with van der Waals surface area (Å²) in [5.41, 5.74) is 4.72. The highest BCUT2D eigenvalue weighted by molar-refractivity contribution is 5.49. The molecule has 0 saturated heterocycles. The van der Waals surface area contributed by atoms with Gasteiger partial charge in [0.1, 0.15) is 5.75 Å². The molecule has 0 radical (unpaired) electrons. The van der Waals surface area contributed by atoms with Gasteiger partial charge in [0.15, 0.2) is 0 Å². The Bertz CT molecular complexity index is 344. The second kappa shape index (κ2) is 3.04. The molecule has 1 aliphatic rings. The van der Waals surface area contributed by atoms with E-state index in [-0.39, 0.29) is 0 Å². The molecule has 0 atom stereocenters. The number of rotatable bonds is 0. The first kappa shape index (κ1) is 8.57. The largest absolute Gasteiger partial charge is 0.507 e. The molecular weight excluding hydrogens is 162 g/mol. The zero-order valence-corrected chi connectivity index (χ0v) is 8.15. The molecule has 1 heterocycles. The molecule has 0 aromatic heterocycles. The fourth-order valence-electron chi connectivity index (χ4n) is 2.00. The lowest BCUT2D eigenvalue weighted by Gasteiger charge is -2.21. The molecule has 70 valence electrons. The summed E-state index contributed by atoms with van der Waals surface area (Å²) >= 11 is 0. The van der Waals surface area contributed by atoms with Crippen molar-refractivity contribution in [1.82, 2.24) is 5.32 Å². The lowest BCUT2D eigenvalue weighted by atomic mass is 9.93. The Morgan fingerprint density at radius 3 is 2.92 bits per heavy atom. The monoisotopic (exact) mass is 177 g/mol. The van der Waals surface area contributed by atoms with Crippen LogP contribution in [-0.2, 0) is 13.0 Å². The Kier molecular flexibility index (Phi) is 2.00. The maximum atomic E-state index is 9.73. The minimum Gasteiger partial charge on any atom is -0.507 e. The maximum absolute atomic E-state index is 9.73. The molecule has 13 heavy (non-hydrogen) atoms. The van der Waals surface area contributed by atoms with Gasteiger partial charge in [-0.15, -0.1) is 0 Å². The molecule has 0 aliphatic carbocycles. The zero-order valence-electron chi connectivity index (χ0n) is 8.15. The van der Waals surface area contributed by atoms with E-state index in [1.165, 1.54) is 11.1 Å². The molecular formula is C11H15NO. The summed E-state index contributed by atoms with van der Waals surface area (Å²) in [6.07, 6.45) is 1.08. The smallest absolute Gasteiger partial charge is 0.121 e. The van der Waals surface area contributed by atoms with E-state index in [1.807, 2.05) is 13.8 Å². The third kappa shape index (κ3) is 1.31. The van der Waals surface area contributed by atoms with Crippen LogP contribution in [0.25, 0.3) is 0 Å². The number of fused-ring (bicyclic) bond motifs is 1. The number of benzene rings is 1. The van der Waals surface area contributed by atoms with Crippen molar-refractivity contribution in [3.05, 3.63) is 28.3 Å². The van der Waals surface area contributed by atoms with Crippen molar-refractivity contribution in [3.8, 4) is 5.75 Å². The van der Waals surface area contributed by atoms with Gasteiger partial charge < -0.3 is 10.4 Å². The van der Waals surface area contributed by atoms with Gasteiger partial charge in [0.25, 0.3) is 0 Å². The molecule has 0 spiro atoms. The van der Waals surface area contributed by atoms with Gasteiger partial charge in [0.05, 0.1) is 0 Å². The van der Waals surface area contributed by atoms with Crippen molar-refractivity contribution < 1.29 is 5.11 Å². The molecule has 2 N–H and O–H groups in total. The van der Waals surface area contributed by atoms with Gasteiger partial charge in [-0.1, -0.05) is 6.07 Å². The van der Waals surface area contributed by atoms with E-state index >= 15 is 0 Å². The topological polar surface area (TPSA) is 32.3 Å². The van der Waals surface area contributed by atoms with Gasteiger partial charge in [0.2, 0.25) is 0 Å². The van der Waals surface area contributed by atoms with Crippen LogP contribution in [0.3, 0.4) is 0 Å². The first-order valence-corrected chi connectivity index (χ1v) is 4.72. The Labute approximate surface area is 78.6 Å². The number of phenolic OH excluding ortho intramolecular Hbond substituents is 1. The van der Waals surface area contributed by atoms with Gasteiger partial charge in [-0.25, -0.2) is 0 Å². The molecule has 1 aromatic rings. The first-order chi connectivity index (χ1) is 6.20. The molecule has 2 nitrogen and oxygen atoms in total. The molecule has 0 unspecified atom stereocenters. The van der Waals surface area contributed by atoms with Gasteiger partial charge in [-0.2, -0.15) is 0 Å². The van der Waals surface area contributed by atoms with Gasteiger partial charge in [-0.05, 0) is 49.1 Å². The lowest BCUT2D eigenvalue weighted by Crippen LogP contribution is -2.24. The van der Waals surface area contributed by atoms with E-state index in [2.05, 4.69) is 11.4 Å². The van der Waals surface area contributed by atoms with Crippen molar-refractivity contribution in [3.63, 3.8) is 0 Å². The van der Waals surface area contributed by atoms with E-state index in [4.69, 9.17) is 0 Å². The van der Waals surface area contributed by atoms with Crippen LogP contribution in [0.15, 0.2) is 6.07 Å². The van der Waals surface area contributed by atoms with E-state index in [0.29, 0.717) is 5.75 Å². The first-order valence-electron chi connectivity index (χ1n) is 4.72. The SMILES string of the molecule is Cc1cc2c(c(C)c1O)CNCC2. The predicted molar refractivity (Wildman–Crippen MR) is 53.0 cm³/mol. The second-order valence-corrected chi connectivity index (χ2v) is 3.73. The van der Waals surface area contributed by atoms with Crippen LogP contribution in [0.2, 0.25) is 0 Å². The van der Waals surface area contributed by atoms with Crippen molar-refractivity contribution in [2.45, 2.75) is 26.8 Å². The van der Waals surface area contributed by atoms with Crippen molar-refractivity contribution in [2.75, 3.05) is 6.54 Å². The van der Waals surface area contributed by atoms with E-state index in [1.54, 1.807) is 0 Å². The summed E-state index contributed by atoms with van der Waals surface area (Å²) in [6, 6.07) is 2.11. The minimum atomic E-state index is 0.461. The van der Waals surface area contributed by atoms with E-state index < -0.39 is 0 Å². The Hall–Kier alpha value is -1.02. The number of nitrogens with one attached hydrogen (secondary N) is 1. The summed E-state index contributed by atoms with van der Waals surface area (Å²) in [5.74, 6) is 0.461. The number of phenols is 1. The normalized spacial score (nSPS) is 15.5. The zero-order chi connectivity index (χ0) is 9.42. The molecule has 2 rings (SSSR count). The fraction of sp³-hybridized carbons (Fsp3) is 0.455. The van der Waals surface area contributed by atoms with Crippen LogP contribution in [0.1, 0.15) is 22.3 Å². The number of hydrogen-bond acceptors (Lipinski definition) is 2. The Morgan fingerprint density at radius 1 is 1.38 bits per heavy atom. The summed E-state index contributed by atoms with van der Waals surface area (Å²) < 4.78 is 0. The van der Waals surface area contributed by atoms with E-state index in [0.717, 1.165) is 30.6 Å². The number of aromatic hydroxyl groups is 1. The summed E-state index contributed by atoms with van der Waals surface area (Å²) in [5, 5.41) is 13.1. The van der Waals surface area contributed by atoms with Crippen LogP contribution in [-0.4, -0.2) is 11.7 Å². The Balaban J connectivity index is 2.60. The summed E-state index contributed by atoms with van der Waals surface area (Å²) in [7, 11) is 0. The second-order valence-electron chi connectivity index (χ2n) is 3.73. The third-order valence-electron chi connectivity index (χ3n) is 2.83. The summed E-state index contributed by atoms with van der Waals surface area (Å²) in [6.45, 7) is 5.91. The van der Waals surface area contributed by atoms with Crippen LogP contribution >= 0.6 is 0 Å². The van der Waals surface area contributed by atoms with Crippen molar-refractivity contribution in [1.29, 1.82) is 0 Å². The van der Waals surface area contributed by atoms with Crippen molar-refractivity contribution >= 4 is 0 Å². The molecule has 0 fully saturated rings. The van der Waals surface area contributed by atoms with Crippen LogP contribution in [0, 0.1) is 13.8 Å².